The van der Waals surface area contributed by atoms with E-state index in [9.17, 15) is 0 Å². The Kier molecular flexibility index (Phi) is 9.30. The molecule has 0 radical (unpaired) electrons. The first-order chi connectivity index (χ1) is 7.70. The molecule has 0 fully saturated rings. The average Bonchev–Trinajstić information content (AvgIpc) is 2.31. The van der Waals surface area contributed by atoms with Gasteiger partial charge >= 0.3 is 32.7 Å². The Morgan fingerprint density at radius 1 is 0.765 bits per heavy atom. The first-order valence-corrected chi connectivity index (χ1v) is 5.40. The van der Waals surface area contributed by atoms with Gasteiger partial charge in [-0.2, -0.15) is 69.3 Å². The van der Waals surface area contributed by atoms with Crippen molar-refractivity contribution in [1.29, 1.82) is 0 Å². The molecule has 0 saturated heterocycles. The summed E-state index contributed by atoms with van der Waals surface area (Å²) in [4.78, 5) is 0. The average molecular weight is 298 g/mol. The molecule has 0 nitrogen and oxygen atoms in total. The van der Waals surface area contributed by atoms with Crippen molar-refractivity contribution in [3.63, 3.8) is 0 Å². The van der Waals surface area contributed by atoms with E-state index >= 15 is 0 Å². The van der Waals surface area contributed by atoms with E-state index < -0.39 is 0 Å². The SMILES string of the molecule is C[C-](C)C.[Y+3].[c-]1ccccc1-c1[c-]cccc1. The van der Waals surface area contributed by atoms with Gasteiger partial charge in [0.05, 0.1) is 0 Å². The van der Waals surface area contributed by atoms with Crippen LogP contribution < -0.4 is 0 Å². The molecule has 0 aliphatic rings. The van der Waals surface area contributed by atoms with Gasteiger partial charge in [0.1, 0.15) is 0 Å². The number of hydrogen-bond acceptors (Lipinski definition) is 0. The summed E-state index contributed by atoms with van der Waals surface area (Å²) in [5.41, 5.74) is 2.19. The Hall–Kier alpha value is -0.456. The van der Waals surface area contributed by atoms with Crippen molar-refractivity contribution in [1.82, 2.24) is 0 Å². The van der Waals surface area contributed by atoms with Crippen molar-refractivity contribution in [2.75, 3.05) is 0 Å². The zero-order valence-electron chi connectivity index (χ0n) is 10.7. The van der Waals surface area contributed by atoms with Gasteiger partial charge in [0.2, 0.25) is 0 Å². The maximum Gasteiger partial charge on any atom is 3.00 e. The molecule has 0 aromatic heterocycles. The van der Waals surface area contributed by atoms with Crippen LogP contribution in [0.15, 0.2) is 48.5 Å². The largest absolute Gasteiger partial charge is 3.00 e. The fraction of sp³-hybridized carbons (Fsp3) is 0.188. The van der Waals surface area contributed by atoms with E-state index in [-0.39, 0.29) is 32.7 Å². The molecule has 84 valence electrons. The molecular formula is C16H17Y. The van der Waals surface area contributed by atoms with Gasteiger partial charge in [-0.25, -0.2) is 11.1 Å². The summed E-state index contributed by atoms with van der Waals surface area (Å²) in [7, 11) is 0. The summed E-state index contributed by atoms with van der Waals surface area (Å²) in [6.45, 7) is 6.25. The van der Waals surface area contributed by atoms with Crippen LogP contribution in [0.4, 0.5) is 0 Å². The summed E-state index contributed by atoms with van der Waals surface area (Å²) < 4.78 is 0. The van der Waals surface area contributed by atoms with E-state index in [2.05, 4.69) is 32.9 Å². The second kappa shape index (κ2) is 9.56. The standard InChI is InChI=1S/C12H8.C4H9.Y/c1-3-7-11(8-4-1)12-9-5-2-6-10-12;1-4(2)3;/h1-7,9H;1-3H3;/q-2;-1;+3. The smallest absolute Gasteiger partial charge is 0.323 e. The van der Waals surface area contributed by atoms with E-state index in [4.69, 9.17) is 0 Å². The van der Waals surface area contributed by atoms with Crippen LogP contribution in [0.2, 0.25) is 0 Å². The minimum Gasteiger partial charge on any atom is -0.323 e. The third-order valence-electron chi connectivity index (χ3n) is 1.71. The van der Waals surface area contributed by atoms with Gasteiger partial charge in [-0.15, -0.1) is 12.1 Å². The zero-order chi connectivity index (χ0) is 11.8. The van der Waals surface area contributed by atoms with Crippen LogP contribution >= 0.6 is 0 Å². The van der Waals surface area contributed by atoms with E-state index in [1.165, 1.54) is 5.92 Å². The van der Waals surface area contributed by atoms with Crippen LogP contribution in [0, 0.1) is 18.1 Å². The Bertz CT molecular complexity index is 339. The van der Waals surface area contributed by atoms with Crippen molar-refractivity contribution < 1.29 is 32.7 Å². The third kappa shape index (κ3) is 7.46. The van der Waals surface area contributed by atoms with Gasteiger partial charge < -0.3 is 5.92 Å². The van der Waals surface area contributed by atoms with Gasteiger partial charge in [-0.3, -0.25) is 0 Å². The van der Waals surface area contributed by atoms with Crippen LogP contribution in [0.1, 0.15) is 20.8 Å². The maximum absolute atomic E-state index is 3.15. The molecule has 2 rings (SSSR count). The fourth-order valence-corrected chi connectivity index (χ4v) is 1.12. The summed E-state index contributed by atoms with van der Waals surface area (Å²) in [6.07, 6.45) is 0. The van der Waals surface area contributed by atoms with E-state index in [1.807, 2.05) is 48.5 Å². The molecule has 0 N–H and O–H groups in total. The number of hydrogen-bond donors (Lipinski definition) is 0. The molecule has 0 saturated carbocycles. The topological polar surface area (TPSA) is 0 Å². The van der Waals surface area contributed by atoms with Crippen LogP contribution in [-0.4, -0.2) is 0 Å². The predicted octanol–water partition coefficient (Wildman–Crippen LogP) is 4.57. The molecule has 0 amide bonds. The number of rotatable bonds is 1. The van der Waals surface area contributed by atoms with E-state index in [1.54, 1.807) is 0 Å². The molecule has 0 aliphatic heterocycles. The number of benzene rings is 2. The van der Waals surface area contributed by atoms with E-state index in [0.717, 1.165) is 11.1 Å². The quantitative estimate of drug-likeness (QED) is 0.676. The Labute approximate surface area is 130 Å². The Morgan fingerprint density at radius 3 is 1.35 bits per heavy atom. The Balaban J connectivity index is 0.000000453. The summed E-state index contributed by atoms with van der Waals surface area (Å²) in [6, 6.07) is 22.1. The van der Waals surface area contributed by atoms with Crippen molar-refractivity contribution in [2.45, 2.75) is 20.8 Å². The van der Waals surface area contributed by atoms with Crippen molar-refractivity contribution in [2.24, 2.45) is 0 Å². The molecule has 17 heavy (non-hydrogen) atoms. The summed E-state index contributed by atoms with van der Waals surface area (Å²) in [5.74, 6) is 1.42. The normalized spacial score (nSPS) is 8.94. The molecule has 0 atom stereocenters. The minimum absolute atomic E-state index is 0. The van der Waals surface area contributed by atoms with Crippen LogP contribution in [0.5, 0.6) is 0 Å². The second-order valence-corrected chi connectivity index (χ2v) is 4.05. The Morgan fingerprint density at radius 2 is 1.12 bits per heavy atom. The molecule has 1 heteroatoms. The van der Waals surface area contributed by atoms with Crippen LogP contribution in [0.25, 0.3) is 11.1 Å². The molecule has 0 spiro atoms. The predicted molar refractivity (Wildman–Crippen MR) is 69.8 cm³/mol. The van der Waals surface area contributed by atoms with Gasteiger partial charge in [-0.1, -0.05) is 0 Å². The fourth-order valence-electron chi connectivity index (χ4n) is 1.12. The summed E-state index contributed by atoms with van der Waals surface area (Å²) >= 11 is 0. The first-order valence-electron chi connectivity index (χ1n) is 5.40. The first kappa shape index (κ1) is 16.5. The van der Waals surface area contributed by atoms with Crippen molar-refractivity contribution in [3.8, 4) is 11.1 Å². The second-order valence-electron chi connectivity index (χ2n) is 4.05. The van der Waals surface area contributed by atoms with Crippen LogP contribution in [-0.2, 0) is 32.7 Å². The van der Waals surface area contributed by atoms with Gasteiger partial charge in [-0.05, 0) is 0 Å². The molecule has 2 aromatic carbocycles. The van der Waals surface area contributed by atoms with Gasteiger partial charge in [0.25, 0.3) is 0 Å². The molecule has 2 aromatic rings. The molecular weight excluding hydrogens is 281 g/mol. The molecule has 0 unspecified atom stereocenters. The maximum atomic E-state index is 3.15. The van der Waals surface area contributed by atoms with E-state index in [0.29, 0.717) is 0 Å². The third-order valence-corrected chi connectivity index (χ3v) is 1.71. The molecule has 0 aliphatic carbocycles. The zero-order valence-corrected chi connectivity index (χ0v) is 13.5. The monoisotopic (exact) mass is 298 g/mol. The van der Waals surface area contributed by atoms with Crippen molar-refractivity contribution in [3.05, 3.63) is 66.6 Å². The molecule has 0 heterocycles. The van der Waals surface area contributed by atoms with Crippen LogP contribution in [0.3, 0.4) is 0 Å². The summed E-state index contributed by atoms with van der Waals surface area (Å²) in [5, 5.41) is 0. The minimum atomic E-state index is 0. The van der Waals surface area contributed by atoms with Gasteiger partial charge in [0.15, 0.2) is 0 Å². The van der Waals surface area contributed by atoms with Crippen molar-refractivity contribution >= 4 is 0 Å². The molecule has 0 bridgehead atoms. The van der Waals surface area contributed by atoms with Gasteiger partial charge in [0, 0.05) is 0 Å².